The first kappa shape index (κ1) is 14.8. The molecule has 0 unspecified atom stereocenters. The van der Waals surface area contributed by atoms with Crippen molar-refractivity contribution >= 4 is 22.6 Å². The second-order valence-corrected chi connectivity index (χ2v) is 4.65. The Bertz CT molecular complexity index is 900. The quantitative estimate of drug-likeness (QED) is 0.806. The molecule has 0 saturated carbocycles. The van der Waals surface area contributed by atoms with Crippen molar-refractivity contribution in [3.05, 3.63) is 59.8 Å². The van der Waals surface area contributed by atoms with Crippen LogP contribution >= 0.6 is 0 Å². The maximum atomic E-state index is 13.6. The van der Waals surface area contributed by atoms with Crippen molar-refractivity contribution in [1.82, 2.24) is 9.97 Å². The number of hydrogen-bond donors (Lipinski definition) is 1. The summed E-state index contributed by atoms with van der Waals surface area (Å²) in [6.45, 7) is 0. The number of ether oxygens (including phenoxy) is 1. The molecule has 7 heteroatoms. The van der Waals surface area contributed by atoms with Gasteiger partial charge in [0.1, 0.15) is 11.6 Å². The lowest BCUT2D eigenvalue weighted by molar-refractivity contribution is 0.101. The van der Waals surface area contributed by atoms with E-state index in [9.17, 15) is 13.6 Å². The zero-order chi connectivity index (χ0) is 16.4. The van der Waals surface area contributed by atoms with Gasteiger partial charge in [-0.25, -0.2) is 18.7 Å². The van der Waals surface area contributed by atoms with Crippen molar-refractivity contribution in [3.63, 3.8) is 0 Å². The molecular weight excluding hydrogens is 304 g/mol. The molecule has 0 aliphatic rings. The molecule has 3 aromatic rings. The average molecular weight is 315 g/mol. The van der Waals surface area contributed by atoms with E-state index >= 15 is 0 Å². The van der Waals surface area contributed by atoms with Gasteiger partial charge in [-0.3, -0.25) is 4.79 Å². The van der Waals surface area contributed by atoms with Crippen molar-refractivity contribution in [1.29, 1.82) is 0 Å². The number of methoxy groups -OCH3 is 1. The van der Waals surface area contributed by atoms with Crippen molar-refractivity contribution in [2.24, 2.45) is 0 Å². The number of carbonyl (C=O) groups excluding carboxylic acids is 1. The summed E-state index contributed by atoms with van der Waals surface area (Å²) in [6, 6.07) is 9.69. The van der Waals surface area contributed by atoms with Crippen LogP contribution in [0.1, 0.15) is 10.5 Å². The molecule has 3 rings (SSSR count). The van der Waals surface area contributed by atoms with Crippen LogP contribution in [0.15, 0.2) is 42.5 Å². The lowest BCUT2D eigenvalue weighted by atomic mass is 10.2. The standard InChI is InChI=1S/C16H11F2N3O2/c1-23-16-14(19-11-4-2-3-5-12(11)21-16)15(22)20-13-8-9(17)6-7-10(13)18/h2-8H,1H3,(H,20,22). The fourth-order valence-electron chi connectivity index (χ4n) is 2.05. The predicted octanol–water partition coefficient (Wildman–Crippen LogP) is 3.17. The molecular formula is C16H11F2N3O2. The third-order valence-corrected chi connectivity index (χ3v) is 3.12. The van der Waals surface area contributed by atoms with Crippen LogP contribution in [0, 0.1) is 11.6 Å². The highest BCUT2D eigenvalue weighted by Gasteiger charge is 2.19. The van der Waals surface area contributed by atoms with Crippen LogP contribution in [0.2, 0.25) is 0 Å². The fourth-order valence-corrected chi connectivity index (χ4v) is 2.05. The summed E-state index contributed by atoms with van der Waals surface area (Å²) < 4.78 is 31.9. The summed E-state index contributed by atoms with van der Waals surface area (Å²) in [5.41, 5.74) is 0.637. The Kier molecular flexibility index (Phi) is 3.84. The van der Waals surface area contributed by atoms with E-state index in [0.29, 0.717) is 11.0 Å². The smallest absolute Gasteiger partial charge is 0.280 e. The Labute approximate surface area is 129 Å². The topological polar surface area (TPSA) is 64.1 Å². The molecule has 1 amide bonds. The molecule has 116 valence electrons. The van der Waals surface area contributed by atoms with Crippen molar-refractivity contribution < 1.29 is 18.3 Å². The van der Waals surface area contributed by atoms with Gasteiger partial charge in [-0.2, -0.15) is 0 Å². The third kappa shape index (κ3) is 2.94. The van der Waals surface area contributed by atoms with E-state index in [2.05, 4.69) is 15.3 Å². The first-order valence-corrected chi connectivity index (χ1v) is 6.65. The zero-order valence-corrected chi connectivity index (χ0v) is 12.0. The Morgan fingerprint density at radius 1 is 1.09 bits per heavy atom. The summed E-state index contributed by atoms with van der Waals surface area (Å²) in [4.78, 5) is 20.7. The summed E-state index contributed by atoms with van der Waals surface area (Å²) in [7, 11) is 1.35. The van der Waals surface area contributed by atoms with E-state index in [1.165, 1.54) is 7.11 Å². The SMILES string of the molecule is COc1nc2ccccc2nc1C(=O)Nc1cc(F)ccc1F. The molecule has 0 fully saturated rings. The Morgan fingerprint density at radius 2 is 1.78 bits per heavy atom. The largest absolute Gasteiger partial charge is 0.479 e. The molecule has 0 atom stereocenters. The van der Waals surface area contributed by atoms with Gasteiger partial charge in [0.05, 0.1) is 23.8 Å². The molecule has 1 heterocycles. The van der Waals surface area contributed by atoms with Crippen molar-refractivity contribution in [2.45, 2.75) is 0 Å². The number of nitrogens with zero attached hydrogens (tertiary/aromatic N) is 2. The number of para-hydroxylation sites is 2. The van der Waals surface area contributed by atoms with E-state index in [1.54, 1.807) is 24.3 Å². The summed E-state index contributed by atoms with van der Waals surface area (Å²) in [5, 5.41) is 2.27. The summed E-state index contributed by atoms with van der Waals surface area (Å²) in [5.74, 6) is -2.17. The molecule has 5 nitrogen and oxygen atoms in total. The highest BCUT2D eigenvalue weighted by Crippen LogP contribution is 2.21. The van der Waals surface area contributed by atoms with Crippen LogP contribution in [0.25, 0.3) is 11.0 Å². The maximum absolute atomic E-state index is 13.6. The monoisotopic (exact) mass is 315 g/mol. The Hall–Kier alpha value is -3.09. The molecule has 1 N–H and O–H groups in total. The lowest BCUT2D eigenvalue weighted by Gasteiger charge is -2.09. The van der Waals surface area contributed by atoms with E-state index in [4.69, 9.17) is 4.74 Å². The first-order chi connectivity index (χ1) is 11.1. The Balaban J connectivity index is 2.01. The van der Waals surface area contributed by atoms with E-state index in [0.717, 1.165) is 18.2 Å². The summed E-state index contributed by atoms with van der Waals surface area (Å²) >= 11 is 0. The second kappa shape index (κ2) is 5.96. The number of halogens is 2. The molecule has 23 heavy (non-hydrogen) atoms. The molecule has 0 spiro atoms. The highest BCUT2D eigenvalue weighted by atomic mass is 19.1. The van der Waals surface area contributed by atoms with Crippen LogP contribution in [-0.2, 0) is 0 Å². The number of nitrogens with one attached hydrogen (secondary N) is 1. The van der Waals surface area contributed by atoms with Gasteiger partial charge in [0, 0.05) is 6.07 Å². The fraction of sp³-hybridized carbons (Fsp3) is 0.0625. The van der Waals surface area contributed by atoms with Gasteiger partial charge < -0.3 is 10.1 Å². The maximum Gasteiger partial charge on any atom is 0.280 e. The number of amides is 1. The molecule has 0 bridgehead atoms. The van der Waals surface area contributed by atoms with Crippen molar-refractivity contribution in [2.75, 3.05) is 12.4 Å². The second-order valence-electron chi connectivity index (χ2n) is 4.65. The van der Waals surface area contributed by atoms with Crippen molar-refractivity contribution in [3.8, 4) is 5.88 Å². The van der Waals surface area contributed by atoms with Crippen LogP contribution in [-0.4, -0.2) is 23.0 Å². The highest BCUT2D eigenvalue weighted by molar-refractivity contribution is 6.05. The van der Waals surface area contributed by atoms with Gasteiger partial charge in [-0.1, -0.05) is 12.1 Å². The molecule has 0 aliphatic carbocycles. The van der Waals surface area contributed by atoms with Gasteiger partial charge >= 0.3 is 0 Å². The molecule has 1 aromatic heterocycles. The van der Waals surface area contributed by atoms with Crippen LogP contribution in [0.5, 0.6) is 5.88 Å². The minimum atomic E-state index is -0.757. The molecule has 0 aliphatic heterocycles. The van der Waals surface area contributed by atoms with E-state index in [1.807, 2.05) is 0 Å². The number of rotatable bonds is 3. The number of hydrogen-bond acceptors (Lipinski definition) is 4. The minimum absolute atomic E-state index is 0.00184. The Morgan fingerprint density at radius 3 is 2.48 bits per heavy atom. The number of aromatic nitrogens is 2. The van der Waals surface area contributed by atoms with Gasteiger partial charge in [-0.05, 0) is 24.3 Å². The van der Waals surface area contributed by atoms with Crippen LogP contribution in [0.4, 0.5) is 14.5 Å². The van der Waals surface area contributed by atoms with Gasteiger partial charge in [-0.15, -0.1) is 0 Å². The normalized spacial score (nSPS) is 10.6. The first-order valence-electron chi connectivity index (χ1n) is 6.65. The lowest BCUT2D eigenvalue weighted by Crippen LogP contribution is -2.17. The van der Waals surface area contributed by atoms with Gasteiger partial charge in [0.15, 0.2) is 5.69 Å². The zero-order valence-electron chi connectivity index (χ0n) is 12.0. The average Bonchev–Trinajstić information content (AvgIpc) is 2.56. The number of anilines is 1. The molecule has 2 aromatic carbocycles. The van der Waals surface area contributed by atoms with E-state index < -0.39 is 17.5 Å². The molecule has 0 saturated heterocycles. The summed E-state index contributed by atoms with van der Waals surface area (Å²) in [6.07, 6.45) is 0. The van der Waals surface area contributed by atoms with Gasteiger partial charge in [0.2, 0.25) is 5.88 Å². The minimum Gasteiger partial charge on any atom is -0.479 e. The predicted molar refractivity (Wildman–Crippen MR) is 80.4 cm³/mol. The number of carbonyl (C=O) groups is 1. The number of benzene rings is 2. The van der Waals surface area contributed by atoms with Crippen LogP contribution < -0.4 is 10.1 Å². The molecule has 0 radical (unpaired) electrons. The van der Waals surface area contributed by atoms with E-state index in [-0.39, 0.29) is 17.3 Å². The number of fused-ring (bicyclic) bond motifs is 1. The van der Waals surface area contributed by atoms with Crippen LogP contribution in [0.3, 0.4) is 0 Å². The van der Waals surface area contributed by atoms with Gasteiger partial charge in [0.25, 0.3) is 5.91 Å². The third-order valence-electron chi connectivity index (χ3n) is 3.12.